The Balaban J connectivity index is 3.68. The van der Waals surface area contributed by atoms with Gasteiger partial charge in [-0.2, -0.15) is 0 Å². The predicted molar refractivity (Wildman–Crippen MR) is 65.0 cm³/mol. The standard InChI is InChI=1S/C10H20O2S2/c1-3-5-7-13(11)9-10-14(12)8-6-4-2/h9-10H,3-8H2,1-2H3. The second-order valence-corrected chi connectivity index (χ2v) is 6.03. The van der Waals surface area contributed by atoms with Gasteiger partial charge in [0, 0.05) is 43.9 Å². The Kier molecular flexibility index (Phi) is 9.62. The summed E-state index contributed by atoms with van der Waals surface area (Å²) >= 11 is 0. The van der Waals surface area contributed by atoms with Gasteiger partial charge in [0.15, 0.2) is 0 Å². The normalized spacial score (nSPS) is 15.9. The van der Waals surface area contributed by atoms with Gasteiger partial charge in [0.2, 0.25) is 0 Å². The summed E-state index contributed by atoms with van der Waals surface area (Å²) in [6, 6.07) is 0. The quantitative estimate of drug-likeness (QED) is 0.649. The molecule has 0 spiro atoms. The fourth-order valence-electron chi connectivity index (χ4n) is 0.833. The summed E-state index contributed by atoms with van der Waals surface area (Å²) in [6.45, 7) is 4.14. The van der Waals surface area contributed by atoms with Crippen molar-refractivity contribution in [3.63, 3.8) is 0 Å². The van der Waals surface area contributed by atoms with Crippen LogP contribution in [0.25, 0.3) is 0 Å². The van der Waals surface area contributed by atoms with E-state index in [0.717, 1.165) is 25.7 Å². The molecule has 0 aromatic rings. The minimum Gasteiger partial charge on any atom is -0.255 e. The molecular formula is C10H20O2S2. The first-order valence-electron chi connectivity index (χ1n) is 5.13. The second kappa shape index (κ2) is 9.59. The van der Waals surface area contributed by atoms with Gasteiger partial charge in [-0.15, -0.1) is 0 Å². The first kappa shape index (κ1) is 14.0. The van der Waals surface area contributed by atoms with Crippen LogP contribution in [0.15, 0.2) is 10.8 Å². The third-order valence-corrected chi connectivity index (χ3v) is 4.19. The Morgan fingerprint density at radius 1 is 0.857 bits per heavy atom. The van der Waals surface area contributed by atoms with E-state index in [-0.39, 0.29) is 0 Å². The van der Waals surface area contributed by atoms with E-state index in [1.54, 1.807) is 10.8 Å². The Labute approximate surface area is 92.1 Å². The molecule has 0 rings (SSSR count). The molecule has 0 aromatic heterocycles. The van der Waals surface area contributed by atoms with Crippen molar-refractivity contribution in [3.05, 3.63) is 10.8 Å². The summed E-state index contributed by atoms with van der Waals surface area (Å²) in [4.78, 5) is 0. The van der Waals surface area contributed by atoms with E-state index in [0.29, 0.717) is 11.5 Å². The lowest BCUT2D eigenvalue weighted by Crippen LogP contribution is -1.95. The summed E-state index contributed by atoms with van der Waals surface area (Å²) in [6.07, 6.45) is 4.05. The molecule has 0 saturated carbocycles. The molecule has 0 fully saturated rings. The van der Waals surface area contributed by atoms with E-state index in [1.165, 1.54) is 0 Å². The predicted octanol–water partition coefficient (Wildman–Crippen LogP) is 2.56. The van der Waals surface area contributed by atoms with Gasteiger partial charge < -0.3 is 0 Å². The molecule has 0 radical (unpaired) electrons. The molecule has 0 bridgehead atoms. The molecule has 2 atom stereocenters. The van der Waals surface area contributed by atoms with Gasteiger partial charge in [-0.25, -0.2) is 0 Å². The van der Waals surface area contributed by atoms with E-state index in [9.17, 15) is 8.42 Å². The first-order valence-corrected chi connectivity index (χ1v) is 7.89. The van der Waals surface area contributed by atoms with E-state index in [1.807, 2.05) is 0 Å². The number of rotatable bonds is 8. The average Bonchev–Trinajstić information content (AvgIpc) is 2.20. The molecular weight excluding hydrogens is 216 g/mol. The van der Waals surface area contributed by atoms with Gasteiger partial charge in [-0.3, -0.25) is 8.42 Å². The zero-order chi connectivity index (χ0) is 10.8. The highest BCUT2D eigenvalue weighted by molar-refractivity contribution is 7.91. The molecule has 0 saturated heterocycles. The number of hydrogen-bond donors (Lipinski definition) is 0. The Morgan fingerprint density at radius 3 is 1.50 bits per heavy atom. The molecule has 4 heteroatoms. The zero-order valence-corrected chi connectivity index (χ0v) is 10.7. The summed E-state index contributed by atoms with van der Waals surface area (Å²) in [7, 11) is -1.84. The molecule has 0 heterocycles. The molecule has 0 amide bonds. The summed E-state index contributed by atoms with van der Waals surface area (Å²) in [5, 5.41) is 3.17. The van der Waals surface area contributed by atoms with Crippen LogP contribution in [-0.2, 0) is 21.6 Å². The Hall–Kier alpha value is 0.0400. The molecule has 2 nitrogen and oxygen atoms in total. The van der Waals surface area contributed by atoms with Gasteiger partial charge in [-0.05, 0) is 12.8 Å². The monoisotopic (exact) mass is 236 g/mol. The highest BCUT2D eigenvalue weighted by atomic mass is 32.2. The number of hydrogen-bond acceptors (Lipinski definition) is 2. The van der Waals surface area contributed by atoms with E-state index >= 15 is 0 Å². The third-order valence-electron chi connectivity index (χ3n) is 1.76. The van der Waals surface area contributed by atoms with Crippen LogP contribution >= 0.6 is 0 Å². The lowest BCUT2D eigenvalue weighted by Gasteiger charge is -1.94. The van der Waals surface area contributed by atoms with Crippen molar-refractivity contribution in [3.8, 4) is 0 Å². The van der Waals surface area contributed by atoms with Gasteiger partial charge in [-0.1, -0.05) is 26.7 Å². The Bertz CT molecular complexity index is 190. The fourth-order valence-corrected chi connectivity index (χ4v) is 3.24. The van der Waals surface area contributed by atoms with Crippen LogP contribution in [0.4, 0.5) is 0 Å². The zero-order valence-electron chi connectivity index (χ0n) is 9.03. The van der Waals surface area contributed by atoms with Crippen LogP contribution in [0, 0.1) is 0 Å². The molecule has 0 N–H and O–H groups in total. The largest absolute Gasteiger partial charge is 0.255 e. The van der Waals surface area contributed by atoms with Crippen LogP contribution < -0.4 is 0 Å². The summed E-state index contributed by atoms with van der Waals surface area (Å²) in [5.41, 5.74) is 0. The molecule has 84 valence electrons. The van der Waals surface area contributed by atoms with Gasteiger partial charge >= 0.3 is 0 Å². The van der Waals surface area contributed by atoms with Crippen molar-refractivity contribution in [2.24, 2.45) is 0 Å². The van der Waals surface area contributed by atoms with Crippen LogP contribution in [0.1, 0.15) is 39.5 Å². The lowest BCUT2D eigenvalue weighted by molar-refractivity contribution is 0.682. The van der Waals surface area contributed by atoms with Crippen molar-refractivity contribution >= 4 is 21.6 Å². The first-order chi connectivity index (χ1) is 6.70. The van der Waals surface area contributed by atoms with Crippen molar-refractivity contribution in [1.82, 2.24) is 0 Å². The van der Waals surface area contributed by atoms with E-state index in [2.05, 4.69) is 13.8 Å². The molecule has 2 unspecified atom stereocenters. The highest BCUT2D eigenvalue weighted by Crippen LogP contribution is 1.97. The van der Waals surface area contributed by atoms with Crippen LogP contribution in [0.2, 0.25) is 0 Å². The smallest absolute Gasteiger partial charge is 0.0462 e. The average molecular weight is 236 g/mol. The molecule has 0 aromatic carbocycles. The van der Waals surface area contributed by atoms with Crippen molar-refractivity contribution in [2.75, 3.05) is 11.5 Å². The van der Waals surface area contributed by atoms with E-state index in [4.69, 9.17) is 0 Å². The maximum absolute atomic E-state index is 11.3. The molecule has 0 aliphatic heterocycles. The Morgan fingerprint density at radius 2 is 1.21 bits per heavy atom. The third kappa shape index (κ3) is 8.63. The minimum atomic E-state index is -0.920. The van der Waals surface area contributed by atoms with Gasteiger partial charge in [0.1, 0.15) is 0 Å². The molecule has 0 aliphatic rings. The van der Waals surface area contributed by atoms with E-state index < -0.39 is 21.6 Å². The number of unbranched alkanes of at least 4 members (excludes halogenated alkanes) is 2. The minimum absolute atomic E-state index is 0.692. The summed E-state index contributed by atoms with van der Waals surface area (Å²) in [5.74, 6) is 1.38. The molecule has 14 heavy (non-hydrogen) atoms. The van der Waals surface area contributed by atoms with Gasteiger partial charge in [0.25, 0.3) is 0 Å². The van der Waals surface area contributed by atoms with Crippen LogP contribution in [-0.4, -0.2) is 19.9 Å². The fraction of sp³-hybridized carbons (Fsp3) is 0.800. The lowest BCUT2D eigenvalue weighted by atomic mass is 10.4. The maximum Gasteiger partial charge on any atom is 0.0462 e. The van der Waals surface area contributed by atoms with Crippen molar-refractivity contribution in [1.29, 1.82) is 0 Å². The maximum atomic E-state index is 11.3. The van der Waals surface area contributed by atoms with Gasteiger partial charge in [0.05, 0.1) is 0 Å². The summed E-state index contributed by atoms with van der Waals surface area (Å²) < 4.78 is 22.5. The SMILES string of the molecule is CCCCS(=O)C=CS(=O)CCCC. The molecule has 0 aliphatic carbocycles. The highest BCUT2D eigenvalue weighted by Gasteiger charge is 1.96. The topological polar surface area (TPSA) is 34.1 Å². The van der Waals surface area contributed by atoms with Crippen LogP contribution in [0.5, 0.6) is 0 Å². The second-order valence-electron chi connectivity index (χ2n) is 3.15. The van der Waals surface area contributed by atoms with Crippen molar-refractivity contribution < 1.29 is 8.42 Å². The van der Waals surface area contributed by atoms with Crippen molar-refractivity contribution in [2.45, 2.75) is 39.5 Å². The van der Waals surface area contributed by atoms with Crippen LogP contribution in [0.3, 0.4) is 0 Å².